The van der Waals surface area contributed by atoms with Gasteiger partial charge in [0.15, 0.2) is 0 Å². The van der Waals surface area contributed by atoms with Crippen molar-refractivity contribution in [3.05, 3.63) is 28.2 Å². The Kier molecular flexibility index (Phi) is 4.94. The SMILES string of the molecule is COCC(Oc1ccc(Br)cc1C#N)C(=O)O. The Bertz CT molecular complexity index is 455. The number of carbonyl (C=O) groups is 1. The fourth-order valence-corrected chi connectivity index (χ4v) is 1.51. The molecule has 1 unspecified atom stereocenters. The van der Waals surface area contributed by atoms with Crippen LogP contribution < -0.4 is 4.74 Å². The van der Waals surface area contributed by atoms with Crippen molar-refractivity contribution in [2.24, 2.45) is 0 Å². The maximum atomic E-state index is 10.9. The summed E-state index contributed by atoms with van der Waals surface area (Å²) in [6, 6.07) is 6.70. The van der Waals surface area contributed by atoms with Crippen LogP contribution in [0.2, 0.25) is 0 Å². The first-order chi connectivity index (χ1) is 8.08. The van der Waals surface area contributed by atoms with Gasteiger partial charge in [-0.2, -0.15) is 5.26 Å². The van der Waals surface area contributed by atoms with Gasteiger partial charge in [0.05, 0.1) is 12.2 Å². The molecule has 90 valence electrons. The van der Waals surface area contributed by atoms with E-state index in [0.29, 0.717) is 0 Å². The van der Waals surface area contributed by atoms with Crippen molar-refractivity contribution in [3.8, 4) is 11.8 Å². The van der Waals surface area contributed by atoms with Crippen molar-refractivity contribution >= 4 is 21.9 Å². The lowest BCUT2D eigenvalue weighted by Crippen LogP contribution is -2.31. The minimum Gasteiger partial charge on any atom is -0.478 e. The average molecular weight is 300 g/mol. The lowest BCUT2D eigenvalue weighted by Gasteiger charge is -2.15. The molecule has 1 atom stereocenters. The van der Waals surface area contributed by atoms with Crippen LogP contribution in [-0.2, 0) is 9.53 Å². The smallest absolute Gasteiger partial charge is 0.347 e. The molecule has 1 aromatic rings. The molecule has 0 bridgehead atoms. The molecular weight excluding hydrogens is 290 g/mol. The van der Waals surface area contributed by atoms with Crippen LogP contribution in [-0.4, -0.2) is 30.9 Å². The summed E-state index contributed by atoms with van der Waals surface area (Å²) in [6.45, 7) is -0.0870. The maximum absolute atomic E-state index is 10.9. The Morgan fingerprint density at radius 3 is 2.88 bits per heavy atom. The van der Waals surface area contributed by atoms with E-state index in [0.717, 1.165) is 4.47 Å². The Morgan fingerprint density at radius 2 is 2.35 bits per heavy atom. The standard InChI is InChI=1S/C11H10BrNO4/c1-16-6-10(11(14)15)17-9-3-2-8(12)4-7(9)5-13/h2-4,10H,6H2,1H3,(H,14,15). The van der Waals surface area contributed by atoms with Gasteiger partial charge < -0.3 is 14.6 Å². The fourth-order valence-electron chi connectivity index (χ4n) is 1.15. The molecule has 5 nitrogen and oxygen atoms in total. The molecule has 1 N–H and O–H groups in total. The van der Waals surface area contributed by atoms with Gasteiger partial charge in [-0.1, -0.05) is 15.9 Å². The zero-order valence-electron chi connectivity index (χ0n) is 9.01. The van der Waals surface area contributed by atoms with E-state index in [1.54, 1.807) is 12.1 Å². The van der Waals surface area contributed by atoms with E-state index >= 15 is 0 Å². The summed E-state index contributed by atoms with van der Waals surface area (Å²) in [6.07, 6.45) is -1.13. The van der Waals surface area contributed by atoms with Crippen molar-refractivity contribution in [2.45, 2.75) is 6.10 Å². The number of nitriles is 1. The number of nitrogens with zero attached hydrogens (tertiary/aromatic N) is 1. The number of benzene rings is 1. The van der Waals surface area contributed by atoms with Gasteiger partial charge in [0.1, 0.15) is 11.8 Å². The van der Waals surface area contributed by atoms with Crippen molar-refractivity contribution in [2.75, 3.05) is 13.7 Å². The Hall–Kier alpha value is -1.58. The van der Waals surface area contributed by atoms with Gasteiger partial charge in [0.25, 0.3) is 0 Å². The van der Waals surface area contributed by atoms with Gasteiger partial charge in [-0.05, 0) is 18.2 Å². The number of carboxylic acid groups (broad SMARTS) is 1. The molecule has 6 heteroatoms. The van der Waals surface area contributed by atoms with Crippen LogP contribution in [0.25, 0.3) is 0 Å². The summed E-state index contributed by atoms with van der Waals surface area (Å²) in [4.78, 5) is 10.9. The quantitative estimate of drug-likeness (QED) is 0.897. The molecule has 17 heavy (non-hydrogen) atoms. The van der Waals surface area contributed by atoms with Crippen LogP contribution in [0.1, 0.15) is 5.56 Å². The number of hydrogen-bond acceptors (Lipinski definition) is 4. The molecular formula is C11H10BrNO4. The highest BCUT2D eigenvalue weighted by Gasteiger charge is 2.20. The summed E-state index contributed by atoms with van der Waals surface area (Å²) in [5.74, 6) is -0.918. The molecule has 0 saturated heterocycles. The number of hydrogen-bond donors (Lipinski definition) is 1. The third-order valence-corrected chi connectivity index (χ3v) is 2.42. The van der Waals surface area contributed by atoms with E-state index in [1.807, 2.05) is 6.07 Å². The predicted molar refractivity (Wildman–Crippen MR) is 62.8 cm³/mol. The van der Waals surface area contributed by atoms with E-state index in [-0.39, 0.29) is 17.9 Å². The molecule has 1 aromatic carbocycles. The van der Waals surface area contributed by atoms with Gasteiger partial charge in [0.2, 0.25) is 6.10 Å². The number of halogens is 1. The largest absolute Gasteiger partial charge is 0.478 e. The zero-order valence-corrected chi connectivity index (χ0v) is 10.6. The van der Waals surface area contributed by atoms with Crippen LogP contribution >= 0.6 is 15.9 Å². The highest BCUT2D eigenvalue weighted by atomic mass is 79.9. The van der Waals surface area contributed by atoms with E-state index in [9.17, 15) is 4.79 Å². The molecule has 1 rings (SSSR count). The van der Waals surface area contributed by atoms with Crippen LogP contribution in [0.4, 0.5) is 0 Å². The highest BCUT2D eigenvalue weighted by molar-refractivity contribution is 9.10. The summed E-state index contributed by atoms with van der Waals surface area (Å²) < 4.78 is 10.7. The van der Waals surface area contributed by atoms with E-state index < -0.39 is 12.1 Å². The maximum Gasteiger partial charge on any atom is 0.347 e. The minimum absolute atomic E-state index is 0.0870. The molecule has 0 fully saturated rings. The van der Waals surface area contributed by atoms with Gasteiger partial charge >= 0.3 is 5.97 Å². The summed E-state index contributed by atoms with van der Waals surface area (Å²) in [5, 5.41) is 17.8. The number of aliphatic carboxylic acids is 1. The molecule has 0 radical (unpaired) electrons. The molecule has 0 heterocycles. The number of carboxylic acids is 1. The minimum atomic E-state index is -1.14. The van der Waals surface area contributed by atoms with Gasteiger partial charge in [-0.3, -0.25) is 0 Å². The number of methoxy groups -OCH3 is 1. The molecule has 0 aromatic heterocycles. The number of ether oxygens (including phenoxy) is 2. The zero-order chi connectivity index (χ0) is 12.8. The Labute approximate surface area is 107 Å². The lowest BCUT2D eigenvalue weighted by molar-refractivity contribution is -0.147. The van der Waals surface area contributed by atoms with Crippen molar-refractivity contribution in [1.29, 1.82) is 5.26 Å². The Morgan fingerprint density at radius 1 is 1.65 bits per heavy atom. The average Bonchev–Trinajstić information content (AvgIpc) is 2.30. The monoisotopic (exact) mass is 299 g/mol. The first-order valence-electron chi connectivity index (χ1n) is 4.66. The molecule has 0 spiro atoms. The molecule has 0 saturated carbocycles. The van der Waals surface area contributed by atoms with E-state index in [1.165, 1.54) is 13.2 Å². The Balaban J connectivity index is 2.93. The van der Waals surface area contributed by atoms with Gasteiger partial charge in [0, 0.05) is 11.6 Å². The van der Waals surface area contributed by atoms with Crippen LogP contribution in [0.15, 0.2) is 22.7 Å². The second-order valence-corrected chi connectivity index (χ2v) is 4.07. The lowest BCUT2D eigenvalue weighted by atomic mass is 10.2. The molecule has 0 amide bonds. The second-order valence-electron chi connectivity index (χ2n) is 3.15. The number of rotatable bonds is 5. The summed E-state index contributed by atoms with van der Waals surface area (Å²) in [5.41, 5.74) is 0.265. The van der Waals surface area contributed by atoms with Crippen molar-refractivity contribution in [1.82, 2.24) is 0 Å². The van der Waals surface area contributed by atoms with Crippen molar-refractivity contribution < 1.29 is 19.4 Å². The van der Waals surface area contributed by atoms with E-state index in [4.69, 9.17) is 19.8 Å². The fraction of sp³-hybridized carbons (Fsp3) is 0.273. The second kappa shape index (κ2) is 6.23. The third-order valence-electron chi connectivity index (χ3n) is 1.92. The molecule has 0 aliphatic heterocycles. The van der Waals surface area contributed by atoms with Crippen LogP contribution in [0.3, 0.4) is 0 Å². The topological polar surface area (TPSA) is 79.5 Å². The molecule has 0 aliphatic rings. The van der Waals surface area contributed by atoms with Crippen molar-refractivity contribution in [3.63, 3.8) is 0 Å². The first-order valence-corrected chi connectivity index (χ1v) is 5.46. The van der Waals surface area contributed by atoms with Gasteiger partial charge in [-0.15, -0.1) is 0 Å². The van der Waals surface area contributed by atoms with Crippen LogP contribution in [0, 0.1) is 11.3 Å². The summed E-state index contributed by atoms with van der Waals surface area (Å²) >= 11 is 3.22. The van der Waals surface area contributed by atoms with E-state index in [2.05, 4.69) is 15.9 Å². The first kappa shape index (κ1) is 13.5. The van der Waals surface area contributed by atoms with Gasteiger partial charge in [-0.25, -0.2) is 4.79 Å². The molecule has 0 aliphatic carbocycles. The summed E-state index contributed by atoms with van der Waals surface area (Å²) in [7, 11) is 1.38. The van der Waals surface area contributed by atoms with Crippen LogP contribution in [0.5, 0.6) is 5.75 Å². The third kappa shape index (κ3) is 3.73. The highest BCUT2D eigenvalue weighted by Crippen LogP contribution is 2.23. The normalized spacial score (nSPS) is 11.6. The predicted octanol–water partition coefficient (Wildman–Crippen LogP) is 1.80.